The lowest BCUT2D eigenvalue weighted by Crippen LogP contribution is -2.37. The van der Waals surface area contributed by atoms with Gasteiger partial charge in [-0.15, -0.1) is 0 Å². The molecule has 0 aliphatic carbocycles. The summed E-state index contributed by atoms with van der Waals surface area (Å²) in [5.74, 6) is 1.10. The van der Waals surface area contributed by atoms with Gasteiger partial charge in [0.1, 0.15) is 5.82 Å². The molecule has 2 aromatic heterocycles. The Morgan fingerprint density at radius 3 is 2.47 bits per heavy atom. The molecule has 1 atom stereocenters. The van der Waals surface area contributed by atoms with Gasteiger partial charge in [0.2, 0.25) is 16.0 Å². The Hall–Kier alpha value is -3.51. The number of anilines is 1. The van der Waals surface area contributed by atoms with Gasteiger partial charge in [0.05, 0.1) is 29.1 Å². The third kappa shape index (κ3) is 7.29. The first-order valence-electron chi connectivity index (χ1n) is 12.4. The first-order valence-corrected chi connectivity index (χ1v) is 13.8. The van der Waals surface area contributed by atoms with Crippen LogP contribution >= 0.6 is 0 Å². The Kier molecular flexibility index (Phi) is 8.78. The van der Waals surface area contributed by atoms with E-state index < -0.39 is 16.1 Å². The van der Waals surface area contributed by atoms with Crippen LogP contribution in [0.5, 0.6) is 0 Å². The minimum Gasteiger partial charge on any atom is -0.453 e. The van der Waals surface area contributed by atoms with E-state index in [4.69, 9.17) is 4.98 Å². The zero-order valence-electron chi connectivity index (χ0n) is 23.1. The van der Waals surface area contributed by atoms with Crippen molar-refractivity contribution in [2.24, 2.45) is 0 Å². The van der Waals surface area contributed by atoms with Gasteiger partial charge in [0.15, 0.2) is 0 Å². The molecule has 1 aromatic carbocycles. The van der Waals surface area contributed by atoms with Crippen molar-refractivity contribution < 1.29 is 17.9 Å². The van der Waals surface area contributed by atoms with Crippen LogP contribution in [-0.2, 0) is 20.2 Å². The quantitative estimate of drug-likeness (QED) is 0.316. The summed E-state index contributed by atoms with van der Waals surface area (Å²) >= 11 is 0. The first kappa shape index (κ1) is 29.1. The van der Waals surface area contributed by atoms with E-state index in [2.05, 4.69) is 35.0 Å². The molecule has 3 rings (SSSR count). The summed E-state index contributed by atoms with van der Waals surface area (Å²) in [5.41, 5.74) is 2.96. The Balaban J connectivity index is 2.05. The molecule has 0 fully saturated rings. The highest BCUT2D eigenvalue weighted by atomic mass is 32.2. The lowest BCUT2D eigenvalue weighted by Gasteiger charge is -2.14. The third-order valence-corrected chi connectivity index (χ3v) is 7.11. The number of aromatic amines is 1. The third-order valence-electron chi connectivity index (χ3n) is 5.47. The summed E-state index contributed by atoms with van der Waals surface area (Å²) in [6, 6.07) is 6.47. The first-order chi connectivity index (χ1) is 17.7. The predicted molar refractivity (Wildman–Crippen MR) is 147 cm³/mol. The van der Waals surface area contributed by atoms with E-state index in [1.54, 1.807) is 38.2 Å². The van der Waals surface area contributed by atoms with Crippen LogP contribution in [0.15, 0.2) is 35.4 Å². The van der Waals surface area contributed by atoms with Crippen molar-refractivity contribution in [1.29, 1.82) is 0 Å². The highest BCUT2D eigenvalue weighted by molar-refractivity contribution is 7.89. The molecule has 3 aromatic rings. The fourth-order valence-electron chi connectivity index (χ4n) is 3.68. The number of hydrogen-bond acceptors (Lipinski definition) is 8. The standard InChI is InChI=1S/C26H37N7O4S/c1-15(2)33-38(35,36)19-12-16(3)11-18(13-19)21-22(32-23(31-21)26(5,6)7)20-9-10-27-24(30-20)28-14-17(4)29-25(34)37-8/h9-13,15,17,33H,14H2,1-8H3,(H,29,34)(H,31,32)(H,27,28,30)/t17-/m0/s1. The smallest absolute Gasteiger partial charge is 0.407 e. The van der Waals surface area contributed by atoms with E-state index >= 15 is 0 Å². The number of sulfonamides is 1. The Morgan fingerprint density at radius 2 is 1.84 bits per heavy atom. The molecule has 4 N–H and O–H groups in total. The number of nitrogens with one attached hydrogen (secondary N) is 4. The molecule has 1 amide bonds. The minimum atomic E-state index is -3.71. The number of methoxy groups -OCH3 is 1. The van der Waals surface area contributed by atoms with Crippen LogP contribution in [0.25, 0.3) is 22.6 Å². The summed E-state index contributed by atoms with van der Waals surface area (Å²) < 4.78 is 33.2. The SMILES string of the molecule is COC(=O)N[C@@H](C)CNc1nccc(-c2[nH]c(C(C)(C)C)nc2-c2cc(C)cc(S(=O)(=O)NC(C)C)c2)n1. The second-order valence-electron chi connectivity index (χ2n) is 10.6. The molecule has 2 heterocycles. The summed E-state index contributed by atoms with van der Waals surface area (Å²) in [5, 5.41) is 5.80. The number of rotatable bonds is 9. The van der Waals surface area contributed by atoms with Crippen molar-refractivity contribution in [3.63, 3.8) is 0 Å². The van der Waals surface area contributed by atoms with Crippen LogP contribution in [0.1, 0.15) is 52.9 Å². The molecular weight excluding hydrogens is 506 g/mol. The van der Waals surface area contributed by atoms with E-state index in [1.165, 1.54) is 7.11 Å². The second kappa shape index (κ2) is 11.5. The van der Waals surface area contributed by atoms with E-state index in [0.29, 0.717) is 35.1 Å². The van der Waals surface area contributed by atoms with Crippen LogP contribution in [-0.4, -0.2) is 60.2 Å². The topological polar surface area (TPSA) is 151 Å². The van der Waals surface area contributed by atoms with Crippen molar-refractivity contribution >= 4 is 22.1 Å². The maximum absolute atomic E-state index is 13.0. The number of carbonyl (C=O) groups is 1. The number of benzene rings is 1. The van der Waals surface area contributed by atoms with Gasteiger partial charge in [0, 0.05) is 35.8 Å². The van der Waals surface area contributed by atoms with Gasteiger partial charge >= 0.3 is 6.09 Å². The molecule has 0 spiro atoms. The average molecular weight is 544 g/mol. The number of ether oxygens (including phenoxy) is 1. The van der Waals surface area contributed by atoms with Crippen LogP contribution in [0, 0.1) is 6.92 Å². The number of nitrogens with zero attached hydrogens (tertiary/aromatic N) is 3. The van der Waals surface area contributed by atoms with Crippen LogP contribution in [0.2, 0.25) is 0 Å². The predicted octanol–water partition coefficient (Wildman–Crippen LogP) is 3.98. The molecule has 0 radical (unpaired) electrons. The zero-order valence-corrected chi connectivity index (χ0v) is 23.9. The van der Waals surface area contributed by atoms with Gasteiger partial charge in [-0.1, -0.05) is 20.8 Å². The van der Waals surface area contributed by atoms with Crippen molar-refractivity contribution in [1.82, 2.24) is 30.0 Å². The molecule has 12 heteroatoms. The van der Waals surface area contributed by atoms with Crippen LogP contribution in [0.4, 0.5) is 10.7 Å². The molecule has 11 nitrogen and oxygen atoms in total. The normalized spacial score (nSPS) is 12.9. The lowest BCUT2D eigenvalue weighted by molar-refractivity contribution is 0.168. The van der Waals surface area contributed by atoms with Crippen molar-refractivity contribution in [2.45, 2.75) is 70.9 Å². The van der Waals surface area contributed by atoms with E-state index in [9.17, 15) is 13.2 Å². The fourth-order valence-corrected chi connectivity index (χ4v) is 5.06. The summed E-state index contributed by atoms with van der Waals surface area (Å²) in [6.07, 6.45) is 1.11. The number of amides is 1. The Morgan fingerprint density at radius 1 is 1.13 bits per heavy atom. The van der Waals surface area contributed by atoms with E-state index in [1.807, 2.05) is 40.7 Å². The van der Waals surface area contributed by atoms with Gasteiger partial charge in [-0.3, -0.25) is 0 Å². The zero-order chi connectivity index (χ0) is 28.3. The average Bonchev–Trinajstić information content (AvgIpc) is 3.28. The molecule has 0 saturated carbocycles. The molecule has 0 unspecified atom stereocenters. The molecule has 206 valence electrons. The second-order valence-corrected chi connectivity index (χ2v) is 12.3. The number of aromatic nitrogens is 4. The van der Waals surface area contributed by atoms with E-state index in [-0.39, 0.29) is 22.4 Å². The van der Waals surface area contributed by atoms with Gasteiger partial charge in [-0.25, -0.2) is 32.9 Å². The molecular formula is C26H37N7O4S. The van der Waals surface area contributed by atoms with Gasteiger partial charge < -0.3 is 20.4 Å². The van der Waals surface area contributed by atoms with Crippen molar-refractivity contribution in [3.05, 3.63) is 41.9 Å². The molecule has 0 bridgehead atoms. The number of hydrogen-bond donors (Lipinski definition) is 4. The largest absolute Gasteiger partial charge is 0.453 e. The van der Waals surface area contributed by atoms with E-state index in [0.717, 1.165) is 11.4 Å². The highest BCUT2D eigenvalue weighted by Crippen LogP contribution is 2.34. The number of carbonyl (C=O) groups excluding carboxylic acids is 1. The fraction of sp³-hybridized carbons (Fsp3) is 0.462. The molecule has 0 aliphatic heterocycles. The van der Waals surface area contributed by atoms with Crippen LogP contribution < -0.4 is 15.4 Å². The summed E-state index contributed by atoms with van der Waals surface area (Å²) in [6.45, 7) is 13.7. The van der Waals surface area contributed by atoms with Crippen molar-refractivity contribution in [3.8, 4) is 22.6 Å². The van der Waals surface area contributed by atoms with Gasteiger partial charge in [-0.2, -0.15) is 0 Å². The number of H-pyrrole nitrogens is 1. The molecule has 0 aliphatic rings. The molecule has 0 saturated heterocycles. The van der Waals surface area contributed by atoms with Crippen molar-refractivity contribution in [2.75, 3.05) is 19.0 Å². The Bertz CT molecular complexity index is 1390. The maximum atomic E-state index is 13.0. The highest BCUT2D eigenvalue weighted by Gasteiger charge is 2.25. The Labute approximate surface area is 224 Å². The number of imidazole rings is 1. The molecule has 38 heavy (non-hydrogen) atoms. The van der Waals surface area contributed by atoms with Crippen LogP contribution in [0.3, 0.4) is 0 Å². The monoisotopic (exact) mass is 543 g/mol. The van der Waals surface area contributed by atoms with Gasteiger partial charge in [0.25, 0.3) is 0 Å². The maximum Gasteiger partial charge on any atom is 0.407 e. The summed E-state index contributed by atoms with van der Waals surface area (Å²) in [7, 11) is -2.40. The summed E-state index contributed by atoms with van der Waals surface area (Å²) in [4.78, 5) is 28.9. The lowest BCUT2D eigenvalue weighted by atomic mass is 9.96. The minimum absolute atomic E-state index is 0.171. The van der Waals surface area contributed by atoms with Gasteiger partial charge in [-0.05, 0) is 57.5 Å². The number of aryl methyl sites for hydroxylation is 1. The number of alkyl carbamates (subject to hydrolysis) is 1.